The van der Waals surface area contributed by atoms with Crippen LogP contribution in [-0.4, -0.2) is 58.6 Å². The summed E-state index contributed by atoms with van der Waals surface area (Å²) in [4.78, 5) is 48.0. The third-order valence-corrected chi connectivity index (χ3v) is 5.45. The lowest BCUT2D eigenvalue weighted by Gasteiger charge is -2.17. The molecule has 34 heavy (non-hydrogen) atoms. The number of aromatic nitrogens is 1. The maximum Gasteiger partial charge on any atom is 0.414 e. The van der Waals surface area contributed by atoms with Crippen LogP contribution in [0.5, 0.6) is 5.75 Å². The van der Waals surface area contributed by atoms with E-state index >= 15 is 0 Å². The number of aryl methyl sites for hydroxylation is 1. The van der Waals surface area contributed by atoms with Gasteiger partial charge in [0.1, 0.15) is 5.75 Å². The number of carboxylic acids is 2. The monoisotopic (exact) mass is 467 g/mol. The number of carbonyl (C=O) groups excluding carboxylic acids is 2. The largest absolute Gasteiger partial charge is 0.497 e. The molecule has 2 amide bonds. The van der Waals surface area contributed by atoms with Crippen LogP contribution in [0.2, 0.25) is 0 Å². The summed E-state index contributed by atoms with van der Waals surface area (Å²) >= 11 is 0. The fraction of sp³-hybridized carbons (Fsp3) is 0.250. The zero-order valence-electron chi connectivity index (χ0n) is 18.7. The molecule has 0 bridgehead atoms. The normalized spacial score (nSPS) is 15.2. The van der Waals surface area contributed by atoms with Crippen molar-refractivity contribution < 1.29 is 34.1 Å². The van der Waals surface area contributed by atoms with Crippen molar-refractivity contribution in [2.24, 2.45) is 0 Å². The zero-order chi connectivity index (χ0) is 24.8. The molecule has 10 nitrogen and oxygen atoms in total. The molecular formula is C24H25N3O7. The van der Waals surface area contributed by atoms with Gasteiger partial charge in [-0.25, -0.2) is 14.5 Å². The highest BCUT2D eigenvalue weighted by Crippen LogP contribution is 2.26. The van der Waals surface area contributed by atoms with Gasteiger partial charge in [-0.1, -0.05) is 18.2 Å². The SMILES string of the molecule is COc1ccc2[nH]cc(CCNC3CC(=O)N(c4ccccc4C)C3=O)c2c1.O=C(O)C(=O)O. The number of rotatable bonds is 6. The van der Waals surface area contributed by atoms with Crippen molar-refractivity contribution in [1.82, 2.24) is 10.3 Å². The van der Waals surface area contributed by atoms with Crippen molar-refractivity contribution in [1.29, 1.82) is 0 Å². The second-order valence-electron chi connectivity index (χ2n) is 7.65. The molecule has 1 fully saturated rings. The predicted molar refractivity (Wildman–Crippen MR) is 124 cm³/mol. The first kappa shape index (κ1) is 24.5. The average Bonchev–Trinajstić information content (AvgIpc) is 3.34. The lowest BCUT2D eigenvalue weighted by molar-refractivity contribution is -0.159. The Balaban J connectivity index is 0.000000481. The smallest absolute Gasteiger partial charge is 0.414 e. The number of imide groups is 1. The van der Waals surface area contributed by atoms with E-state index in [0.29, 0.717) is 12.2 Å². The van der Waals surface area contributed by atoms with Gasteiger partial charge in [0.2, 0.25) is 5.91 Å². The molecule has 1 atom stereocenters. The number of nitrogens with one attached hydrogen (secondary N) is 2. The van der Waals surface area contributed by atoms with E-state index in [9.17, 15) is 9.59 Å². The zero-order valence-corrected chi connectivity index (χ0v) is 18.7. The molecular weight excluding hydrogens is 442 g/mol. The van der Waals surface area contributed by atoms with Gasteiger partial charge < -0.3 is 25.3 Å². The molecule has 3 aromatic rings. The van der Waals surface area contributed by atoms with Crippen LogP contribution in [-0.2, 0) is 25.6 Å². The number of ether oxygens (including phenoxy) is 1. The third kappa shape index (κ3) is 5.41. The van der Waals surface area contributed by atoms with Crippen LogP contribution >= 0.6 is 0 Å². The Labute approximate surface area is 195 Å². The summed E-state index contributed by atoms with van der Waals surface area (Å²) < 4.78 is 5.30. The molecule has 0 aliphatic carbocycles. The highest BCUT2D eigenvalue weighted by atomic mass is 16.5. The van der Waals surface area contributed by atoms with Gasteiger partial charge in [0, 0.05) is 23.6 Å². The van der Waals surface area contributed by atoms with Crippen molar-refractivity contribution >= 4 is 40.3 Å². The van der Waals surface area contributed by atoms with Gasteiger partial charge >= 0.3 is 11.9 Å². The molecule has 4 rings (SSSR count). The minimum atomic E-state index is -1.82. The number of hydrogen-bond donors (Lipinski definition) is 4. The van der Waals surface area contributed by atoms with Crippen molar-refractivity contribution in [2.45, 2.75) is 25.8 Å². The van der Waals surface area contributed by atoms with Crippen LogP contribution in [0.25, 0.3) is 10.9 Å². The summed E-state index contributed by atoms with van der Waals surface area (Å²) in [5, 5.41) is 19.1. The number of nitrogens with zero attached hydrogens (tertiary/aromatic N) is 1. The van der Waals surface area contributed by atoms with Crippen molar-refractivity contribution in [3.8, 4) is 5.75 Å². The summed E-state index contributed by atoms with van der Waals surface area (Å²) in [6, 6.07) is 12.9. The van der Waals surface area contributed by atoms with Crippen LogP contribution in [0.15, 0.2) is 48.7 Å². The Morgan fingerprint density at radius 3 is 2.50 bits per heavy atom. The number of amides is 2. The minimum absolute atomic E-state index is 0.159. The fourth-order valence-corrected chi connectivity index (χ4v) is 3.73. The van der Waals surface area contributed by atoms with E-state index in [-0.39, 0.29) is 18.2 Å². The summed E-state index contributed by atoms with van der Waals surface area (Å²) in [5.74, 6) is -3.18. The first-order valence-corrected chi connectivity index (χ1v) is 10.5. The van der Waals surface area contributed by atoms with E-state index < -0.39 is 18.0 Å². The second-order valence-corrected chi connectivity index (χ2v) is 7.65. The Bertz CT molecular complexity index is 1220. The number of H-pyrrole nitrogens is 1. The number of methoxy groups -OCH3 is 1. The van der Waals surface area contributed by atoms with Crippen LogP contribution in [0.3, 0.4) is 0 Å². The highest BCUT2D eigenvalue weighted by Gasteiger charge is 2.39. The number of anilines is 1. The molecule has 4 N–H and O–H groups in total. The molecule has 2 heterocycles. The van der Waals surface area contributed by atoms with Gasteiger partial charge in [0.05, 0.1) is 25.3 Å². The Kier molecular flexibility index (Phi) is 7.64. The van der Waals surface area contributed by atoms with Crippen molar-refractivity contribution in [2.75, 3.05) is 18.6 Å². The minimum Gasteiger partial charge on any atom is -0.497 e. The lowest BCUT2D eigenvalue weighted by Crippen LogP contribution is -2.39. The molecule has 1 saturated heterocycles. The molecule has 1 aliphatic rings. The van der Waals surface area contributed by atoms with E-state index in [1.54, 1.807) is 7.11 Å². The number of aliphatic carboxylic acids is 2. The summed E-state index contributed by atoms with van der Waals surface area (Å²) in [6.45, 7) is 2.51. The van der Waals surface area contributed by atoms with E-state index in [0.717, 1.165) is 34.2 Å². The molecule has 1 aromatic heterocycles. The molecule has 10 heteroatoms. The van der Waals surface area contributed by atoms with E-state index in [2.05, 4.69) is 10.3 Å². The Hall–Kier alpha value is -4.18. The quantitative estimate of drug-likeness (QED) is 0.318. The summed E-state index contributed by atoms with van der Waals surface area (Å²) in [7, 11) is 1.65. The fourth-order valence-electron chi connectivity index (χ4n) is 3.73. The molecule has 0 radical (unpaired) electrons. The average molecular weight is 467 g/mol. The first-order valence-electron chi connectivity index (χ1n) is 10.5. The van der Waals surface area contributed by atoms with Gasteiger partial charge in [-0.15, -0.1) is 0 Å². The number of aromatic amines is 1. The summed E-state index contributed by atoms with van der Waals surface area (Å²) in [5.41, 5.74) is 3.78. The van der Waals surface area contributed by atoms with E-state index in [4.69, 9.17) is 24.5 Å². The third-order valence-electron chi connectivity index (χ3n) is 5.45. The van der Waals surface area contributed by atoms with Crippen LogP contribution in [0.1, 0.15) is 17.5 Å². The highest BCUT2D eigenvalue weighted by molar-refractivity contribution is 6.27. The molecule has 0 spiro atoms. The maximum absolute atomic E-state index is 12.8. The van der Waals surface area contributed by atoms with Gasteiger partial charge in [-0.2, -0.15) is 0 Å². The number of para-hydroxylation sites is 1. The molecule has 0 saturated carbocycles. The first-order chi connectivity index (χ1) is 16.2. The number of hydrogen-bond acceptors (Lipinski definition) is 6. The van der Waals surface area contributed by atoms with E-state index in [1.165, 1.54) is 4.90 Å². The van der Waals surface area contributed by atoms with Crippen LogP contribution in [0.4, 0.5) is 5.69 Å². The molecule has 1 unspecified atom stereocenters. The standard InChI is InChI=1S/C22H23N3O3.C2H2O4/c1-14-5-3-4-6-20(14)25-21(26)12-19(22(25)27)23-10-9-15-13-24-18-8-7-16(28-2)11-17(15)18;3-1(4)2(5)6/h3-8,11,13,19,23-24H,9-10,12H2,1-2H3;(H,3,4)(H,5,6). The maximum atomic E-state index is 12.8. The van der Waals surface area contributed by atoms with Crippen molar-refractivity contribution in [3.63, 3.8) is 0 Å². The number of carbonyl (C=O) groups is 4. The van der Waals surface area contributed by atoms with Crippen molar-refractivity contribution in [3.05, 3.63) is 59.8 Å². The number of carboxylic acid groups (broad SMARTS) is 2. The van der Waals surface area contributed by atoms with Gasteiger partial charge in [-0.05, 0) is 48.7 Å². The number of benzene rings is 2. The Morgan fingerprint density at radius 2 is 1.85 bits per heavy atom. The van der Waals surface area contributed by atoms with Gasteiger partial charge in [0.15, 0.2) is 0 Å². The summed E-state index contributed by atoms with van der Waals surface area (Å²) in [6.07, 6.45) is 2.91. The molecule has 1 aliphatic heterocycles. The molecule has 2 aromatic carbocycles. The predicted octanol–water partition coefficient (Wildman–Crippen LogP) is 2.10. The number of fused-ring (bicyclic) bond motifs is 1. The van der Waals surface area contributed by atoms with Gasteiger partial charge in [0.25, 0.3) is 5.91 Å². The van der Waals surface area contributed by atoms with Crippen LogP contribution in [0, 0.1) is 6.92 Å². The molecule has 178 valence electrons. The lowest BCUT2D eigenvalue weighted by atomic mass is 10.1. The second kappa shape index (κ2) is 10.6. The van der Waals surface area contributed by atoms with E-state index in [1.807, 2.05) is 55.6 Å². The topological polar surface area (TPSA) is 149 Å². The van der Waals surface area contributed by atoms with Crippen LogP contribution < -0.4 is 15.0 Å². The Morgan fingerprint density at radius 1 is 1.15 bits per heavy atom. The van der Waals surface area contributed by atoms with Gasteiger partial charge in [-0.3, -0.25) is 9.59 Å².